The highest BCUT2D eigenvalue weighted by molar-refractivity contribution is 5.71. The van der Waals surface area contributed by atoms with Gasteiger partial charge in [0.25, 0.3) is 0 Å². The minimum Gasteiger partial charge on any atom is -0.462 e. The molecule has 6 nitrogen and oxygen atoms in total. The zero-order valence-corrected chi connectivity index (χ0v) is 44.2. The zero-order chi connectivity index (χ0) is 50.7. The first-order chi connectivity index (χ1) is 34.5. The van der Waals surface area contributed by atoms with E-state index >= 15 is 0 Å². The van der Waals surface area contributed by atoms with Crippen LogP contribution in [0.1, 0.15) is 194 Å². The summed E-state index contributed by atoms with van der Waals surface area (Å²) in [6, 6.07) is 0. The van der Waals surface area contributed by atoms with Crippen molar-refractivity contribution in [3.63, 3.8) is 0 Å². The summed E-state index contributed by atoms with van der Waals surface area (Å²) in [5.41, 5.74) is 0. The van der Waals surface area contributed by atoms with Crippen molar-refractivity contribution in [3.8, 4) is 0 Å². The monoisotopic (exact) mass is 961 g/mol. The predicted molar refractivity (Wildman–Crippen MR) is 301 cm³/mol. The second-order valence-corrected chi connectivity index (χ2v) is 17.2. The Morgan fingerprint density at radius 2 is 0.643 bits per heavy atom. The van der Waals surface area contributed by atoms with Gasteiger partial charge in [0.05, 0.1) is 0 Å². The molecule has 70 heavy (non-hydrogen) atoms. The summed E-state index contributed by atoms with van der Waals surface area (Å²) < 4.78 is 16.7. The Morgan fingerprint density at radius 3 is 1.10 bits per heavy atom. The van der Waals surface area contributed by atoms with E-state index in [0.717, 1.165) is 109 Å². The van der Waals surface area contributed by atoms with Gasteiger partial charge in [-0.25, -0.2) is 0 Å². The molecule has 0 aliphatic heterocycles. The highest BCUT2D eigenvalue weighted by Crippen LogP contribution is 2.11. The highest BCUT2D eigenvalue weighted by Gasteiger charge is 2.19. The molecular weight excluding hydrogens is 865 g/mol. The van der Waals surface area contributed by atoms with Gasteiger partial charge in [-0.15, -0.1) is 0 Å². The van der Waals surface area contributed by atoms with Crippen LogP contribution in [0.5, 0.6) is 0 Å². The van der Waals surface area contributed by atoms with Gasteiger partial charge in [-0.1, -0.05) is 242 Å². The lowest BCUT2D eigenvalue weighted by Gasteiger charge is -2.18. The van der Waals surface area contributed by atoms with Gasteiger partial charge < -0.3 is 14.2 Å². The second kappa shape index (κ2) is 56.4. The lowest BCUT2D eigenvalue weighted by Crippen LogP contribution is -2.30. The smallest absolute Gasteiger partial charge is 0.306 e. The van der Waals surface area contributed by atoms with Crippen LogP contribution in [0, 0.1) is 0 Å². The molecule has 0 aliphatic carbocycles. The van der Waals surface area contributed by atoms with Crippen LogP contribution in [0.4, 0.5) is 0 Å². The number of carbonyl (C=O) groups is 3. The molecule has 1 unspecified atom stereocenters. The van der Waals surface area contributed by atoms with Crippen molar-refractivity contribution in [1.82, 2.24) is 0 Å². The Morgan fingerprint density at radius 1 is 0.314 bits per heavy atom. The summed E-state index contributed by atoms with van der Waals surface area (Å²) in [5, 5.41) is 0. The Hall–Kier alpha value is -5.23. The van der Waals surface area contributed by atoms with E-state index in [4.69, 9.17) is 14.2 Å². The lowest BCUT2D eigenvalue weighted by molar-refractivity contribution is -0.167. The molecule has 0 rings (SSSR count). The van der Waals surface area contributed by atoms with Crippen molar-refractivity contribution in [3.05, 3.63) is 170 Å². The van der Waals surface area contributed by atoms with E-state index < -0.39 is 6.10 Å². The van der Waals surface area contributed by atoms with E-state index in [0.29, 0.717) is 19.3 Å². The third kappa shape index (κ3) is 53.7. The first-order valence-electron chi connectivity index (χ1n) is 27.3. The molecule has 0 bridgehead atoms. The normalized spacial score (nSPS) is 13.5. The maximum Gasteiger partial charge on any atom is 0.306 e. The molecule has 0 N–H and O–H groups in total. The van der Waals surface area contributed by atoms with Crippen LogP contribution in [0.15, 0.2) is 170 Å². The molecule has 0 aromatic heterocycles. The number of hydrogen-bond donors (Lipinski definition) is 0. The molecule has 0 saturated carbocycles. The molecule has 0 radical (unpaired) electrons. The lowest BCUT2D eigenvalue weighted by atomic mass is 10.1. The number of esters is 3. The molecule has 0 aromatic carbocycles. The summed E-state index contributed by atoms with van der Waals surface area (Å²) in [4.78, 5) is 38.1. The summed E-state index contributed by atoms with van der Waals surface area (Å²) in [5.74, 6) is -1.07. The molecule has 0 fully saturated rings. The van der Waals surface area contributed by atoms with E-state index in [9.17, 15) is 14.4 Å². The average Bonchev–Trinajstić information content (AvgIpc) is 3.36. The summed E-state index contributed by atoms with van der Waals surface area (Å²) >= 11 is 0. The molecule has 0 aliphatic rings. The van der Waals surface area contributed by atoms with Crippen LogP contribution in [0.2, 0.25) is 0 Å². The number of allylic oxidation sites excluding steroid dienone is 28. The Kier molecular flexibility index (Phi) is 52.1. The largest absolute Gasteiger partial charge is 0.462 e. The van der Waals surface area contributed by atoms with E-state index in [1.165, 1.54) is 32.1 Å². The average molecular weight is 961 g/mol. The summed E-state index contributed by atoms with van der Waals surface area (Å²) in [6.07, 6.45) is 83.3. The summed E-state index contributed by atoms with van der Waals surface area (Å²) in [7, 11) is 0. The fraction of sp³-hybridized carbons (Fsp3) is 0.516. The third-order valence-corrected chi connectivity index (χ3v) is 10.7. The van der Waals surface area contributed by atoms with Gasteiger partial charge in [0.15, 0.2) is 6.10 Å². The second-order valence-electron chi connectivity index (χ2n) is 17.2. The number of unbranched alkanes of at least 4 members (excludes halogenated alkanes) is 14. The van der Waals surface area contributed by atoms with Gasteiger partial charge in [-0.2, -0.15) is 0 Å². The molecule has 1 atom stereocenters. The minimum atomic E-state index is -0.843. The first-order valence-corrected chi connectivity index (χ1v) is 27.3. The van der Waals surface area contributed by atoms with Gasteiger partial charge >= 0.3 is 17.9 Å². The van der Waals surface area contributed by atoms with Gasteiger partial charge in [0.1, 0.15) is 13.2 Å². The van der Waals surface area contributed by atoms with Crippen LogP contribution in [0.25, 0.3) is 0 Å². The van der Waals surface area contributed by atoms with E-state index in [1.54, 1.807) is 0 Å². The number of carbonyl (C=O) groups excluding carboxylic acids is 3. The molecule has 0 heterocycles. The Bertz CT molecular complexity index is 1670. The van der Waals surface area contributed by atoms with Crippen LogP contribution >= 0.6 is 0 Å². The topological polar surface area (TPSA) is 78.9 Å². The molecule has 0 aromatic rings. The Balaban J connectivity index is 4.65. The van der Waals surface area contributed by atoms with Crippen molar-refractivity contribution < 1.29 is 28.6 Å². The van der Waals surface area contributed by atoms with Crippen molar-refractivity contribution in [1.29, 1.82) is 0 Å². The van der Waals surface area contributed by atoms with Crippen LogP contribution in [0.3, 0.4) is 0 Å². The number of hydrogen-bond acceptors (Lipinski definition) is 6. The van der Waals surface area contributed by atoms with Crippen molar-refractivity contribution in [2.45, 2.75) is 200 Å². The predicted octanol–water partition coefficient (Wildman–Crippen LogP) is 18.4. The quantitative estimate of drug-likeness (QED) is 0.0199. The third-order valence-electron chi connectivity index (χ3n) is 10.7. The molecule has 0 amide bonds. The minimum absolute atomic E-state index is 0.134. The van der Waals surface area contributed by atoms with Crippen LogP contribution in [-0.2, 0) is 28.6 Å². The SMILES string of the molecule is CC\C=C/C=C\C=C/C=C\C=C\C=C/CCCCCC(=O)OC(COC(=O)CCC/C=C\C/C=C\C/C=C\C/C=C\C/C=C\CC)COC(=O)CCCCCCC\C=C/C=C\C=C/CCCCCCC. The number of rotatable bonds is 46. The Labute approximate surface area is 428 Å². The van der Waals surface area contributed by atoms with E-state index in [-0.39, 0.29) is 44.0 Å². The fourth-order valence-corrected chi connectivity index (χ4v) is 6.63. The maximum atomic E-state index is 12.8. The van der Waals surface area contributed by atoms with E-state index in [1.807, 2.05) is 60.8 Å². The van der Waals surface area contributed by atoms with E-state index in [2.05, 4.69) is 130 Å². The molecule has 388 valence electrons. The molecule has 0 saturated heterocycles. The van der Waals surface area contributed by atoms with Gasteiger partial charge in [-0.3, -0.25) is 14.4 Å². The van der Waals surface area contributed by atoms with Gasteiger partial charge in [-0.05, 0) is 103 Å². The molecule has 6 heteroatoms. The molecular formula is C64H96O6. The highest BCUT2D eigenvalue weighted by atomic mass is 16.6. The fourth-order valence-electron chi connectivity index (χ4n) is 6.63. The standard InChI is InChI=1S/C64H96O6/c1-4-7-10-13-16-19-22-25-28-31-34-36-39-42-45-48-51-54-57-63(66)69-60-61(70-64(67)58-55-52-49-46-43-40-37-33-30-27-24-21-18-15-12-9-6-3)59-68-62(65)56-53-50-47-44-41-38-35-32-29-26-23-20-17-14-11-8-5-2/h8-9,11-12,15,17-18,20-22,24-31,33-38,40,43-44,47,61H,4-7,10,13-14,16,19,23,32,39,41-42,45-46,48-60H2,1-3H3/b11-8-,12-9-,18-15-,20-17-,24-21-,25-22-,29-26-,30-27-,31-28-,36-34-,37-33+,38-35-,43-40-,47-44-. The van der Waals surface area contributed by atoms with Crippen molar-refractivity contribution in [2.75, 3.05) is 13.2 Å². The summed E-state index contributed by atoms with van der Waals surface area (Å²) in [6.45, 7) is 6.23. The van der Waals surface area contributed by atoms with Gasteiger partial charge in [0, 0.05) is 19.3 Å². The molecule has 0 spiro atoms. The van der Waals surface area contributed by atoms with Crippen molar-refractivity contribution >= 4 is 17.9 Å². The maximum absolute atomic E-state index is 12.8. The number of ether oxygens (including phenoxy) is 3. The van der Waals surface area contributed by atoms with Crippen LogP contribution < -0.4 is 0 Å². The van der Waals surface area contributed by atoms with Crippen molar-refractivity contribution in [2.24, 2.45) is 0 Å². The first kappa shape index (κ1) is 64.8. The zero-order valence-electron chi connectivity index (χ0n) is 44.2. The van der Waals surface area contributed by atoms with Crippen LogP contribution in [-0.4, -0.2) is 37.2 Å². The van der Waals surface area contributed by atoms with Gasteiger partial charge in [0.2, 0.25) is 0 Å².